The first-order valence-electron chi connectivity index (χ1n) is 13.1. The normalized spacial score (nSPS) is 38.8. The molecule has 1 heterocycles. The molecule has 3 heteroatoms. The number of rotatable bonds is 10. The van der Waals surface area contributed by atoms with Crippen LogP contribution in [0.4, 0.5) is 0 Å². The Morgan fingerprint density at radius 1 is 1.00 bits per heavy atom. The van der Waals surface area contributed by atoms with Crippen LogP contribution >= 0.6 is 0 Å². The molecule has 0 aromatic heterocycles. The molecule has 4 saturated carbocycles. The number of nitrogens with one attached hydrogen (secondary N) is 1. The first-order valence-corrected chi connectivity index (χ1v) is 13.1. The molecule has 1 aliphatic heterocycles. The van der Waals surface area contributed by atoms with Gasteiger partial charge in [-0.2, -0.15) is 0 Å². The average molecular weight is 404 g/mol. The van der Waals surface area contributed by atoms with E-state index in [0.29, 0.717) is 0 Å². The molecule has 168 valence electrons. The predicted molar refractivity (Wildman–Crippen MR) is 124 cm³/mol. The molecule has 0 amide bonds. The Labute approximate surface area is 181 Å². The van der Waals surface area contributed by atoms with Gasteiger partial charge >= 0.3 is 0 Å². The molecule has 0 unspecified atom stereocenters. The van der Waals surface area contributed by atoms with E-state index in [1.807, 2.05) is 0 Å². The molecular weight excluding hydrogens is 354 g/mol. The Kier molecular flexibility index (Phi) is 7.29. The fourth-order valence-corrected chi connectivity index (χ4v) is 8.18. The van der Waals surface area contributed by atoms with Gasteiger partial charge in [0.05, 0.1) is 0 Å². The van der Waals surface area contributed by atoms with E-state index in [-0.39, 0.29) is 0 Å². The second-order valence-electron chi connectivity index (χ2n) is 11.9. The van der Waals surface area contributed by atoms with Crippen LogP contribution in [-0.2, 0) is 0 Å². The first-order chi connectivity index (χ1) is 14.0. The van der Waals surface area contributed by atoms with Gasteiger partial charge in [0.25, 0.3) is 0 Å². The monoisotopic (exact) mass is 403 g/mol. The fraction of sp³-hybridized carbons (Fsp3) is 1.00. The van der Waals surface area contributed by atoms with Crippen LogP contribution in [0.5, 0.6) is 0 Å². The summed E-state index contributed by atoms with van der Waals surface area (Å²) in [5, 5.41) is 3.47. The zero-order valence-corrected chi connectivity index (χ0v) is 20.0. The molecule has 3 nitrogen and oxygen atoms in total. The van der Waals surface area contributed by atoms with E-state index < -0.39 is 0 Å². The minimum absolute atomic E-state index is 0.728. The van der Waals surface area contributed by atoms with Crippen molar-refractivity contribution >= 4 is 0 Å². The van der Waals surface area contributed by atoms with Crippen molar-refractivity contribution in [3.05, 3.63) is 0 Å². The lowest BCUT2D eigenvalue weighted by molar-refractivity contribution is -0.0674. The van der Waals surface area contributed by atoms with Crippen LogP contribution in [0.25, 0.3) is 0 Å². The van der Waals surface area contributed by atoms with Crippen molar-refractivity contribution in [1.29, 1.82) is 0 Å². The van der Waals surface area contributed by atoms with E-state index in [1.54, 1.807) is 38.5 Å². The Morgan fingerprint density at radius 3 is 2.21 bits per heavy atom. The van der Waals surface area contributed by atoms with Crippen molar-refractivity contribution in [2.45, 2.75) is 97.1 Å². The van der Waals surface area contributed by atoms with E-state index in [2.05, 4.69) is 42.9 Å². The standard InChI is InChI=1S/C26H49N3/c1-5-6-7-24(18-27-4)29-11-10-28(25(19-29)20(2)3)9-8-26-15-21-12-22(16-26)14-23(13-21)17-26/h20-25,27H,5-19H2,1-4H3/t21?,22?,23?,24-,25+,26?/m1/s1. The minimum Gasteiger partial charge on any atom is -0.318 e. The summed E-state index contributed by atoms with van der Waals surface area (Å²) in [6.07, 6.45) is 15.0. The van der Waals surface area contributed by atoms with Gasteiger partial charge in [0.2, 0.25) is 0 Å². The van der Waals surface area contributed by atoms with Crippen molar-refractivity contribution < 1.29 is 0 Å². The summed E-state index contributed by atoms with van der Waals surface area (Å²) in [7, 11) is 2.13. The maximum Gasteiger partial charge on any atom is 0.0246 e. The largest absolute Gasteiger partial charge is 0.318 e. The summed E-state index contributed by atoms with van der Waals surface area (Å²) in [6, 6.07) is 1.48. The highest BCUT2D eigenvalue weighted by atomic mass is 15.3. The smallest absolute Gasteiger partial charge is 0.0246 e. The molecule has 5 fully saturated rings. The molecule has 1 N–H and O–H groups in total. The summed E-state index contributed by atoms with van der Waals surface area (Å²) < 4.78 is 0. The number of unbranched alkanes of at least 4 members (excludes halogenated alkanes) is 1. The van der Waals surface area contributed by atoms with Crippen molar-refractivity contribution in [2.24, 2.45) is 29.1 Å². The van der Waals surface area contributed by atoms with Gasteiger partial charge in [-0.15, -0.1) is 0 Å². The van der Waals surface area contributed by atoms with Gasteiger partial charge in [-0.1, -0.05) is 33.6 Å². The number of piperazine rings is 1. The third kappa shape index (κ3) is 5.04. The zero-order chi connectivity index (χ0) is 20.4. The van der Waals surface area contributed by atoms with Crippen molar-refractivity contribution in [1.82, 2.24) is 15.1 Å². The first kappa shape index (κ1) is 22.1. The molecule has 4 bridgehead atoms. The van der Waals surface area contributed by atoms with E-state index in [4.69, 9.17) is 0 Å². The van der Waals surface area contributed by atoms with Gasteiger partial charge in [0.15, 0.2) is 0 Å². The van der Waals surface area contributed by atoms with E-state index in [0.717, 1.165) is 47.7 Å². The third-order valence-electron chi connectivity index (χ3n) is 9.28. The molecule has 4 aliphatic carbocycles. The average Bonchev–Trinajstić information content (AvgIpc) is 2.68. The number of hydrogen-bond donors (Lipinski definition) is 1. The van der Waals surface area contributed by atoms with Crippen molar-refractivity contribution in [2.75, 3.05) is 39.8 Å². The van der Waals surface area contributed by atoms with Gasteiger partial charge in [0.1, 0.15) is 0 Å². The summed E-state index contributed by atoms with van der Waals surface area (Å²) in [5.41, 5.74) is 0.739. The van der Waals surface area contributed by atoms with Gasteiger partial charge in [-0.25, -0.2) is 0 Å². The second kappa shape index (κ2) is 9.57. The molecule has 2 atom stereocenters. The highest BCUT2D eigenvalue weighted by Gasteiger charge is 2.50. The highest BCUT2D eigenvalue weighted by molar-refractivity contribution is 5.02. The van der Waals surface area contributed by atoms with Crippen molar-refractivity contribution in [3.63, 3.8) is 0 Å². The maximum absolute atomic E-state index is 3.47. The van der Waals surface area contributed by atoms with Crippen molar-refractivity contribution in [3.8, 4) is 0 Å². The summed E-state index contributed by atoms with van der Waals surface area (Å²) in [5.74, 6) is 4.05. The van der Waals surface area contributed by atoms with Gasteiger partial charge in [0, 0.05) is 38.3 Å². The topological polar surface area (TPSA) is 18.5 Å². The molecule has 5 rings (SSSR count). The van der Waals surface area contributed by atoms with Crippen LogP contribution in [0.3, 0.4) is 0 Å². The third-order valence-corrected chi connectivity index (χ3v) is 9.28. The van der Waals surface area contributed by atoms with Gasteiger partial charge < -0.3 is 5.32 Å². The van der Waals surface area contributed by atoms with Crippen LogP contribution in [0.1, 0.15) is 85.0 Å². The van der Waals surface area contributed by atoms with Crippen LogP contribution in [0.2, 0.25) is 0 Å². The predicted octanol–water partition coefficient (Wildman–Crippen LogP) is 5.01. The quantitative estimate of drug-likeness (QED) is 0.553. The number of nitrogens with zero attached hydrogens (tertiary/aromatic N) is 2. The molecule has 29 heavy (non-hydrogen) atoms. The summed E-state index contributed by atoms with van der Waals surface area (Å²) >= 11 is 0. The molecule has 0 aromatic carbocycles. The summed E-state index contributed by atoms with van der Waals surface area (Å²) in [4.78, 5) is 5.74. The molecule has 5 aliphatic rings. The Bertz CT molecular complexity index is 481. The van der Waals surface area contributed by atoms with E-state index in [1.165, 1.54) is 51.9 Å². The van der Waals surface area contributed by atoms with Crippen LogP contribution in [0.15, 0.2) is 0 Å². The van der Waals surface area contributed by atoms with E-state index >= 15 is 0 Å². The minimum atomic E-state index is 0.728. The molecule has 0 spiro atoms. The Balaban J connectivity index is 1.35. The Hall–Kier alpha value is -0.120. The lowest BCUT2D eigenvalue weighted by atomic mass is 9.49. The van der Waals surface area contributed by atoms with E-state index in [9.17, 15) is 0 Å². The number of likely N-dealkylation sites (N-methyl/N-ethyl adjacent to an activating group) is 1. The fourth-order valence-electron chi connectivity index (χ4n) is 8.18. The Morgan fingerprint density at radius 2 is 1.66 bits per heavy atom. The SMILES string of the molecule is CCCC[C@H](CNC)N1CCN(CCC23CC4CC(CC(C4)C2)C3)[C@H](C(C)C)C1. The lowest BCUT2D eigenvalue weighted by Gasteiger charge is -2.57. The molecular formula is C26H49N3. The summed E-state index contributed by atoms with van der Waals surface area (Å²) in [6.45, 7) is 13.6. The molecule has 0 radical (unpaired) electrons. The van der Waals surface area contributed by atoms with Crippen LogP contribution in [0, 0.1) is 29.1 Å². The van der Waals surface area contributed by atoms with Crippen LogP contribution < -0.4 is 5.32 Å². The van der Waals surface area contributed by atoms with Gasteiger partial charge in [-0.3, -0.25) is 9.80 Å². The second-order valence-corrected chi connectivity index (χ2v) is 11.9. The molecule has 1 saturated heterocycles. The maximum atomic E-state index is 3.47. The van der Waals surface area contributed by atoms with Crippen LogP contribution in [-0.4, -0.2) is 61.7 Å². The zero-order valence-electron chi connectivity index (χ0n) is 20.0. The highest BCUT2D eigenvalue weighted by Crippen LogP contribution is 2.61. The lowest BCUT2D eigenvalue weighted by Crippen LogP contribution is -2.59. The number of hydrogen-bond acceptors (Lipinski definition) is 3. The molecule has 0 aromatic rings. The van der Waals surface area contributed by atoms with Gasteiger partial charge in [-0.05, 0) is 94.0 Å².